The fourth-order valence-electron chi connectivity index (χ4n) is 3.54. The van der Waals surface area contributed by atoms with Crippen LogP contribution in [-0.4, -0.2) is 54.8 Å². The zero-order valence-corrected chi connectivity index (χ0v) is 16.4. The van der Waals surface area contributed by atoms with Crippen LogP contribution in [0.1, 0.15) is 29.8 Å². The molecule has 1 amide bonds. The van der Waals surface area contributed by atoms with Crippen molar-refractivity contribution in [1.29, 1.82) is 0 Å². The number of carbonyl (C=O) groups is 1. The molecule has 0 radical (unpaired) electrons. The highest BCUT2D eigenvalue weighted by Gasteiger charge is 2.23. The zero-order chi connectivity index (χ0) is 19.5. The summed E-state index contributed by atoms with van der Waals surface area (Å²) in [7, 11) is 0. The molecule has 6 heteroatoms. The summed E-state index contributed by atoms with van der Waals surface area (Å²) in [5.74, 6) is 2.50. The molecule has 0 bridgehead atoms. The van der Waals surface area contributed by atoms with Gasteiger partial charge in [0.15, 0.2) is 11.5 Å². The number of fused-ring (bicyclic) bond motifs is 1. The van der Waals surface area contributed by atoms with Gasteiger partial charge in [0.05, 0.1) is 6.10 Å². The Morgan fingerprint density at radius 1 is 1.00 bits per heavy atom. The van der Waals surface area contributed by atoms with Crippen LogP contribution in [-0.2, 0) is 6.54 Å². The smallest absolute Gasteiger partial charge is 0.253 e. The third-order valence-corrected chi connectivity index (χ3v) is 4.98. The van der Waals surface area contributed by atoms with Gasteiger partial charge in [0.1, 0.15) is 5.75 Å². The maximum atomic E-state index is 12.8. The molecule has 4 rings (SSSR count). The lowest BCUT2D eigenvalue weighted by atomic mass is 10.1. The van der Waals surface area contributed by atoms with Gasteiger partial charge < -0.3 is 19.1 Å². The van der Waals surface area contributed by atoms with Gasteiger partial charge in [0, 0.05) is 38.3 Å². The highest BCUT2D eigenvalue weighted by Crippen LogP contribution is 2.32. The molecule has 2 aliphatic heterocycles. The van der Waals surface area contributed by atoms with E-state index in [1.165, 1.54) is 5.56 Å². The number of hydrogen-bond acceptors (Lipinski definition) is 5. The van der Waals surface area contributed by atoms with Crippen LogP contribution in [0.2, 0.25) is 0 Å². The van der Waals surface area contributed by atoms with Crippen LogP contribution >= 0.6 is 0 Å². The minimum Gasteiger partial charge on any atom is -0.491 e. The van der Waals surface area contributed by atoms with Crippen LogP contribution in [0, 0.1) is 0 Å². The average molecular weight is 382 g/mol. The van der Waals surface area contributed by atoms with Crippen LogP contribution < -0.4 is 14.2 Å². The van der Waals surface area contributed by atoms with Crippen molar-refractivity contribution in [2.75, 3.05) is 33.0 Å². The van der Waals surface area contributed by atoms with Crippen LogP contribution in [0.5, 0.6) is 17.2 Å². The minimum absolute atomic E-state index is 0.0822. The fourth-order valence-corrected chi connectivity index (χ4v) is 3.54. The van der Waals surface area contributed by atoms with Crippen LogP contribution in [0.25, 0.3) is 0 Å². The van der Waals surface area contributed by atoms with E-state index in [1.807, 2.05) is 55.1 Å². The molecule has 0 aliphatic carbocycles. The number of rotatable bonds is 5. The van der Waals surface area contributed by atoms with Gasteiger partial charge in [0.25, 0.3) is 5.91 Å². The van der Waals surface area contributed by atoms with Crippen molar-refractivity contribution < 1.29 is 19.0 Å². The van der Waals surface area contributed by atoms with Gasteiger partial charge in [-0.05, 0) is 55.8 Å². The molecule has 28 heavy (non-hydrogen) atoms. The third kappa shape index (κ3) is 4.22. The summed E-state index contributed by atoms with van der Waals surface area (Å²) in [6.45, 7) is 8.29. The molecule has 2 heterocycles. The summed E-state index contributed by atoms with van der Waals surface area (Å²) in [5.41, 5.74) is 1.91. The van der Waals surface area contributed by atoms with Gasteiger partial charge in [-0.15, -0.1) is 0 Å². The number of nitrogens with zero attached hydrogens (tertiary/aromatic N) is 2. The predicted molar refractivity (Wildman–Crippen MR) is 106 cm³/mol. The molecule has 2 aromatic rings. The highest BCUT2D eigenvalue weighted by molar-refractivity contribution is 5.94. The first-order valence-electron chi connectivity index (χ1n) is 9.75. The number of hydrogen-bond donors (Lipinski definition) is 0. The summed E-state index contributed by atoms with van der Waals surface area (Å²) in [6, 6.07) is 13.5. The van der Waals surface area contributed by atoms with E-state index < -0.39 is 0 Å². The molecule has 2 aliphatic rings. The van der Waals surface area contributed by atoms with Crippen LogP contribution in [0.3, 0.4) is 0 Å². The molecular formula is C22H26N2O4. The Balaban J connectivity index is 1.30. The first kappa shape index (κ1) is 18.6. The monoisotopic (exact) mass is 382 g/mol. The molecule has 0 spiro atoms. The van der Waals surface area contributed by atoms with E-state index in [4.69, 9.17) is 14.2 Å². The Bertz CT molecular complexity index is 827. The molecule has 1 saturated heterocycles. The van der Waals surface area contributed by atoms with E-state index in [9.17, 15) is 4.79 Å². The number of ether oxygens (including phenoxy) is 3. The Morgan fingerprint density at radius 2 is 1.71 bits per heavy atom. The first-order valence-corrected chi connectivity index (χ1v) is 9.75. The standard InChI is InChI=1S/C22H26N2O4/c1-16(2)28-19-6-4-18(5-7-19)22(25)24-11-9-23(10-12-24)14-17-3-8-20-21(13-17)27-15-26-20/h3-8,13,16H,9-12,14-15H2,1-2H3. The number of piperazine rings is 1. The van der Waals surface area contributed by atoms with Crippen molar-refractivity contribution in [3.05, 3.63) is 53.6 Å². The van der Waals surface area contributed by atoms with E-state index in [1.54, 1.807) is 0 Å². The van der Waals surface area contributed by atoms with Crippen LogP contribution in [0.4, 0.5) is 0 Å². The molecule has 0 aromatic heterocycles. The second-order valence-corrected chi connectivity index (χ2v) is 7.45. The summed E-state index contributed by atoms with van der Waals surface area (Å²) >= 11 is 0. The number of amides is 1. The lowest BCUT2D eigenvalue weighted by Crippen LogP contribution is -2.48. The van der Waals surface area contributed by atoms with E-state index in [0.717, 1.165) is 50.0 Å². The summed E-state index contributed by atoms with van der Waals surface area (Å²) in [5, 5.41) is 0. The van der Waals surface area contributed by atoms with Gasteiger partial charge >= 0.3 is 0 Å². The molecule has 0 saturated carbocycles. The molecule has 1 fully saturated rings. The fraction of sp³-hybridized carbons (Fsp3) is 0.409. The quantitative estimate of drug-likeness (QED) is 0.795. The molecule has 6 nitrogen and oxygen atoms in total. The number of carbonyl (C=O) groups excluding carboxylic acids is 1. The van der Waals surface area contributed by atoms with Crippen molar-refractivity contribution in [3.8, 4) is 17.2 Å². The lowest BCUT2D eigenvalue weighted by Gasteiger charge is -2.34. The van der Waals surface area contributed by atoms with Crippen molar-refractivity contribution in [3.63, 3.8) is 0 Å². The predicted octanol–water partition coefficient (Wildman–Crippen LogP) is 3.16. The van der Waals surface area contributed by atoms with Gasteiger partial charge in [-0.1, -0.05) is 6.07 Å². The Hall–Kier alpha value is -2.73. The Morgan fingerprint density at radius 3 is 2.43 bits per heavy atom. The SMILES string of the molecule is CC(C)Oc1ccc(C(=O)N2CCN(Cc3ccc4c(c3)OCO4)CC2)cc1. The Kier molecular flexibility index (Phi) is 5.39. The number of benzene rings is 2. The second-order valence-electron chi connectivity index (χ2n) is 7.45. The maximum Gasteiger partial charge on any atom is 0.253 e. The van der Waals surface area contributed by atoms with Crippen molar-refractivity contribution in [2.45, 2.75) is 26.5 Å². The van der Waals surface area contributed by atoms with Crippen molar-refractivity contribution >= 4 is 5.91 Å². The maximum absolute atomic E-state index is 12.8. The van der Waals surface area contributed by atoms with E-state index >= 15 is 0 Å². The zero-order valence-electron chi connectivity index (χ0n) is 16.4. The van der Waals surface area contributed by atoms with Gasteiger partial charge in [-0.2, -0.15) is 0 Å². The van der Waals surface area contributed by atoms with Gasteiger partial charge in [0.2, 0.25) is 6.79 Å². The van der Waals surface area contributed by atoms with E-state index in [2.05, 4.69) is 11.0 Å². The van der Waals surface area contributed by atoms with Gasteiger partial charge in [-0.25, -0.2) is 0 Å². The molecule has 148 valence electrons. The molecule has 2 aromatic carbocycles. The largest absolute Gasteiger partial charge is 0.491 e. The topological polar surface area (TPSA) is 51.2 Å². The Labute approximate surface area is 165 Å². The first-order chi connectivity index (χ1) is 13.6. The molecule has 0 atom stereocenters. The summed E-state index contributed by atoms with van der Waals surface area (Å²) < 4.78 is 16.5. The van der Waals surface area contributed by atoms with Crippen molar-refractivity contribution in [1.82, 2.24) is 9.80 Å². The highest BCUT2D eigenvalue weighted by atomic mass is 16.7. The lowest BCUT2D eigenvalue weighted by molar-refractivity contribution is 0.0628. The molecule has 0 unspecified atom stereocenters. The summed E-state index contributed by atoms with van der Waals surface area (Å²) in [6.07, 6.45) is 0.124. The normalized spacial score (nSPS) is 16.5. The van der Waals surface area contributed by atoms with Crippen LogP contribution in [0.15, 0.2) is 42.5 Å². The molecular weight excluding hydrogens is 356 g/mol. The summed E-state index contributed by atoms with van der Waals surface area (Å²) in [4.78, 5) is 17.0. The van der Waals surface area contributed by atoms with E-state index in [0.29, 0.717) is 12.4 Å². The van der Waals surface area contributed by atoms with Gasteiger partial charge in [-0.3, -0.25) is 9.69 Å². The van der Waals surface area contributed by atoms with Crippen molar-refractivity contribution in [2.24, 2.45) is 0 Å². The second kappa shape index (κ2) is 8.10. The third-order valence-electron chi connectivity index (χ3n) is 4.98. The average Bonchev–Trinajstić information content (AvgIpc) is 3.16. The minimum atomic E-state index is 0.0822. The van der Waals surface area contributed by atoms with E-state index in [-0.39, 0.29) is 12.0 Å². The molecule has 0 N–H and O–H groups in total.